The van der Waals surface area contributed by atoms with Gasteiger partial charge in [-0.3, -0.25) is 9.59 Å². The SMILES string of the molecule is CCCC(=O)CCCCCCCCCCNC=O. The van der Waals surface area contributed by atoms with Gasteiger partial charge in [-0.1, -0.05) is 45.4 Å². The lowest BCUT2D eigenvalue weighted by molar-refractivity contribution is -0.119. The van der Waals surface area contributed by atoms with Crippen molar-refractivity contribution in [3.05, 3.63) is 0 Å². The van der Waals surface area contributed by atoms with Gasteiger partial charge in [-0.25, -0.2) is 0 Å². The fourth-order valence-corrected chi connectivity index (χ4v) is 2.07. The predicted octanol–water partition coefficient (Wildman–Crippen LogP) is 3.61. The first kappa shape index (κ1) is 17.1. The van der Waals surface area contributed by atoms with E-state index in [0.29, 0.717) is 5.78 Å². The summed E-state index contributed by atoms with van der Waals surface area (Å²) in [7, 11) is 0. The molecule has 0 aromatic heterocycles. The molecule has 0 aromatic carbocycles. The minimum atomic E-state index is 0.431. The van der Waals surface area contributed by atoms with Crippen LogP contribution in [0.5, 0.6) is 0 Å². The third-order valence-corrected chi connectivity index (χ3v) is 3.14. The monoisotopic (exact) mass is 255 g/mol. The molecule has 0 aliphatic heterocycles. The standard InChI is InChI=1S/C15H29NO2/c1-2-11-15(18)12-9-7-5-3-4-6-8-10-13-16-14-17/h14H,2-13H2,1H3,(H,16,17). The maximum Gasteiger partial charge on any atom is 0.207 e. The summed E-state index contributed by atoms with van der Waals surface area (Å²) >= 11 is 0. The van der Waals surface area contributed by atoms with Crippen molar-refractivity contribution in [3.8, 4) is 0 Å². The topological polar surface area (TPSA) is 46.2 Å². The summed E-state index contributed by atoms with van der Waals surface area (Å²) < 4.78 is 0. The van der Waals surface area contributed by atoms with E-state index in [4.69, 9.17) is 0 Å². The zero-order chi connectivity index (χ0) is 13.5. The zero-order valence-corrected chi connectivity index (χ0v) is 11.9. The quantitative estimate of drug-likeness (QED) is 0.381. The van der Waals surface area contributed by atoms with Crippen LogP contribution in [0.1, 0.15) is 77.6 Å². The number of ketones is 1. The van der Waals surface area contributed by atoms with Crippen LogP contribution in [0, 0.1) is 0 Å². The third-order valence-electron chi connectivity index (χ3n) is 3.14. The highest BCUT2D eigenvalue weighted by Crippen LogP contribution is 2.10. The van der Waals surface area contributed by atoms with Gasteiger partial charge >= 0.3 is 0 Å². The molecule has 0 aliphatic rings. The van der Waals surface area contributed by atoms with Crippen LogP contribution in [0.3, 0.4) is 0 Å². The van der Waals surface area contributed by atoms with Crippen molar-refractivity contribution in [2.24, 2.45) is 0 Å². The first-order chi connectivity index (χ1) is 8.81. The molecule has 3 nitrogen and oxygen atoms in total. The van der Waals surface area contributed by atoms with Crippen LogP contribution in [-0.4, -0.2) is 18.7 Å². The second-order valence-electron chi connectivity index (χ2n) is 4.94. The lowest BCUT2D eigenvalue weighted by atomic mass is 10.0. The average molecular weight is 255 g/mol. The summed E-state index contributed by atoms with van der Waals surface area (Å²) in [5, 5.41) is 2.68. The van der Waals surface area contributed by atoms with Crippen LogP contribution in [0.4, 0.5) is 0 Å². The molecule has 0 aliphatic carbocycles. The molecule has 1 N–H and O–H groups in total. The molecule has 106 valence electrons. The number of amides is 1. The molecule has 0 atom stereocenters. The van der Waals surface area contributed by atoms with E-state index in [1.54, 1.807) is 0 Å². The smallest absolute Gasteiger partial charge is 0.207 e. The molecule has 0 aromatic rings. The number of rotatable bonds is 14. The second kappa shape index (κ2) is 14.2. The molecular weight excluding hydrogens is 226 g/mol. The van der Waals surface area contributed by atoms with Crippen molar-refractivity contribution in [1.82, 2.24) is 5.32 Å². The van der Waals surface area contributed by atoms with Gasteiger partial charge in [0, 0.05) is 19.4 Å². The molecule has 18 heavy (non-hydrogen) atoms. The van der Waals surface area contributed by atoms with E-state index in [1.807, 2.05) is 0 Å². The zero-order valence-electron chi connectivity index (χ0n) is 11.9. The highest BCUT2D eigenvalue weighted by molar-refractivity contribution is 5.78. The van der Waals surface area contributed by atoms with E-state index < -0.39 is 0 Å². The van der Waals surface area contributed by atoms with Gasteiger partial charge in [-0.05, 0) is 19.3 Å². The summed E-state index contributed by atoms with van der Waals surface area (Å²) in [5.41, 5.74) is 0. The molecule has 0 radical (unpaired) electrons. The molecule has 0 saturated carbocycles. The van der Waals surface area contributed by atoms with Crippen LogP contribution < -0.4 is 5.32 Å². The Labute approximate surface area is 112 Å². The maximum atomic E-state index is 11.3. The summed E-state index contributed by atoms with van der Waals surface area (Å²) in [6.45, 7) is 2.87. The Morgan fingerprint density at radius 2 is 1.44 bits per heavy atom. The Morgan fingerprint density at radius 1 is 0.889 bits per heavy atom. The Balaban J connectivity index is 3.03. The number of carbonyl (C=O) groups is 2. The van der Waals surface area contributed by atoms with Crippen LogP contribution in [0.15, 0.2) is 0 Å². The number of nitrogens with one attached hydrogen (secondary N) is 1. The normalized spacial score (nSPS) is 10.3. The van der Waals surface area contributed by atoms with E-state index in [0.717, 1.165) is 45.1 Å². The molecule has 1 amide bonds. The van der Waals surface area contributed by atoms with Crippen molar-refractivity contribution in [2.45, 2.75) is 77.6 Å². The first-order valence-corrected chi connectivity index (χ1v) is 7.50. The van der Waals surface area contributed by atoms with Gasteiger partial charge < -0.3 is 5.32 Å². The molecule has 0 saturated heterocycles. The van der Waals surface area contributed by atoms with Crippen molar-refractivity contribution in [1.29, 1.82) is 0 Å². The van der Waals surface area contributed by atoms with Gasteiger partial charge in [-0.2, -0.15) is 0 Å². The van der Waals surface area contributed by atoms with Crippen molar-refractivity contribution in [2.75, 3.05) is 6.54 Å². The second-order valence-corrected chi connectivity index (χ2v) is 4.94. The molecule has 3 heteroatoms. The van der Waals surface area contributed by atoms with Gasteiger partial charge in [0.1, 0.15) is 5.78 Å². The molecule has 0 bridgehead atoms. The number of hydrogen-bond acceptors (Lipinski definition) is 2. The van der Waals surface area contributed by atoms with Gasteiger partial charge in [0.25, 0.3) is 0 Å². The van der Waals surface area contributed by atoms with Gasteiger partial charge in [0.05, 0.1) is 0 Å². The van der Waals surface area contributed by atoms with Crippen molar-refractivity contribution >= 4 is 12.2 Å². The number of Topliss-reactive ketones (excluding diaryl/α,β-unsaturated/α-hetero) is 1. The van der Waals surface area contributed by atoms with Gasteiger partial charge in [0.2, 0.25) is 6.41 Å². The Bertz CT molecular complexity index is 205. The van der Waals surface area contributed by atoms with Crippen LogP contribution in [-0.2, 0) is 9.59 Å². The van der Waals surface area contributed by atoms with Crippen molar-refractivity contribution < 1.29 is 9.59 Å². The summed E-state index contributed by atoms with van der Waals surface area (Å²) in [6, 6.07) is 0. The van der Waals surface area contributed by atoms with Gasteiger partial charge in [-0.15, -0.1) is 0 Å². The van der Waals surface area contributed by atoms with E-state index in [2.05, 4.69) is 12.2 Å². The molecule has 0 heterocycles. The summed E-state index contributed by atoms with van der Waals surface area (Å²) in [6.07, 6.45) is 12.9. The minimum Gasteiger partial charge on any atom is -0.359 e. The van der Waals surface area contributed by atoms with E-state index >= 15 is 0 Å². The third kappa shape index (κ3) is 13.2. The Kier molecular flexibility index (Phi) is 13.5. The first-order valence-electron chi connectivity index (χ1n) is 7.50. The van der Waals surface area contributed by atoms with E-state index in [1.165, 1.54) is 38.5 Å². The Hall–Kier alpha value is -0.860. The number of carbonyl (C=O) groups excluding carboxylic acids is 2. The average Bonchev–Trinajstić information content (AvgIpc) is 2.36. The largest absolute Gasteiger partial charge is 0.359 e. The lowest BCUT2D eigenvalue weighted by Crippen LogP contribution is -2.11. The molecule has 0 spiro atoms. The fourth-order valence-electron chi connectivity index (χ4n) is 2.07. The van der Waals surface area contributed by atoms with E-state index in [-0.39, 0.29) is 0 Å². The van der Waals surface area contributed by atoms with Gasteiger partial charge in [0.15, 0.2) is 0 Å². The predicted molar refractivity (Wildman–Crippen MR) is 75.5 cm³/mol. The lowest BCUT2D eigenvalue weighted by Gasteiger charge is -2.02. The van der Waals surface area contributed by atoms with E-state index in [9.17, 15) is 9.59 Å². The highest BCUT2D eigenvalue weighted by atomic mass is 16.1. The molecule has 0 fully saturated rings. The maximum absolute atomic E-state index is 11.3. The fraction of sp³-hybridized carbons (Fsp3) is 0.867. The number of unbranched alkanes of at least 4 members (excludes halogenated alkanes) is 7. The van der Waals surface area contributed by atoms with Crippen molar-refractivity contribution in [3.63, 3.8) is 0 Å². The highest BCUT2D eigenvalue weighted by Gasteiger charge is 1.99. The summed E-state index contributed by atoms with van der Waals surface area (Å²) in [5.74, 6) is 0.431. The molecule has 0 unspecified atom stereocenters. The van der Waals surface area contributed by atoms with Crippen LogP contribution >= 0.6 is 0 Å². The van der Waals surface area contributed by atoms with Crippen LogP contribution in [0.2, 0.25) is 0 Å². The minimum absolute atomic E-state index is 0.431. The molecular formula is C15H29NO2. The molecule has 0 rings (SSSR count). The Morgan fingerprint density at radius 3 is 2.00 bits per heavy atom. The summed E-state index contributed by atoms with van der Waals surface area (Å²) in [4.78, 5) is 21.3. The number of hydrogen-bond donors (Lipinski definition) is 1. The van der Waals surface area contributed by atoms with Crippen LogP contribution in [0.25, 0.3) is 0 Å².